The zero-order chi connectivity index (χ0) is 11.4. The Bertz CT molecular complexity index is 310. The molecule has 0 aromatic heterocycles. The van der Waals surface area contributed by atoms with Gasteiger partial charge < -0.3 is 5.73 Å². The van der Waals surface area contributed by atoms with Gasteiger partial charge in [-0.05, 0) is 37.4 Å². The maximum Gasteiger partial charge on any atom is 0.0250 e. The molecule has 2 unspecified atom stereocenters. The van der Waals surface area contributed by atoms with Gasteiger partial charge in [0.05, 0.1) is 0 Å². The van der Waals surface area contributed by atoms with Crippen LogP contribution in [0.2, 0.25) is 0 Å². The normalized spacial score (nSPS) is 26.1. The van der Waals surface area contributed by atoms with Gasteiger partial charge in [0.2, 0.25) is 0 Å². The molecule has 0 aliphatic carbocycles. The van der Waals surface area contributed by atoms with Gasteiger partial charge in [0.25, 0.3) is 0 Å². The Hall–Kier alpha value is -0.860. The highest BCUT2D eigenvalue weighted by Gasteiger charge is 2.31. The second-order valence-electron chi connectivity index (χ2n) is 4.67. The quantitative estimate of drug-likeness (QED) is 0.836. The van der Waals surface area contributed by atoms with Crippen LogP contribution in [-0.2, 0) is 6.42 Å². The fraction of sp³-hybridized carbons (Fsp3) is 0.571. The summed E-state index contributed by atoms with van der Waals surface area (Å²) in [5.74, 6) is 0.743. The summed E-state index contributed by atoms with van der Waals surface area (Å²) in [5.41, 5.74) is 7.35. The summed E-state index contributed by atoms with van der Waals surface area (Å²) in [7, 11) is 0. The lowest BCUT2D eigenvalue weighted by Gasteiger charge is -2.25. The van der Waals surface area contributed by atoms with Crippen molar-refractivity contribution in [2.24, 2.45) is 11.7 Å². The first-order valence-corrected chi connectivity index (χ1v) is 6.33. The van der Waals surface area contributed by atoms with E-state index in [2.05, 4.69) is 42.2 Å². The first kappa shape index (κ1) is 11.6. The lowest BCUT2D eigenvalue weighted by Crippen LogP contribution is -2.39. The molecule has 1 aliphatic heterocycles. The van der Waals surface area contributed by atoms with E-state index in [4.69, 9.17) is 5.73 Å². The van der Waals surface area contributed by atoms with Gasteiger partial charge in [0, 0.05) is 12.6 Å². The fourth-order valence-electron chi connectivity index (χ4n) is 2.88. The third-order valence-electron chi connectivity index (χ3n) is 3.79. The number of nitrogens with two attached hydrogens (primary N) is 1. The standard InChI is InChI=1S/C14H22N2/c1-2-16-9-8-13(14(16)11-15)10-12-6-4-3-5-7-12/h3-7,13-14H,2,8-11,15H2,1H3. The molecule has 0 spiro atoms. The van der Waals surface area contributed by atoms with Crippen LogP contribution >= 0.6 is 0 Å². The summed E-state index contributed by atoms with van der Waals surface area (Å²) in [6, 6.07) is 11.4. The summed E-state index contributed by atoms with van der Waals surface area (Å²) >= 11 is 0. The number of nitrogens with zero attached hydrogens (tertiary/aromatic N) is 1. The highest BCUT2D eigenvalue weighted by Crippen LogP contribution is 2.26. The smallest absolute Gasteiger partial charge is 0.0250 e. The molecule has 0 saturated carbocycles. The molecule has 0 radical (unpaired) electrons. The molecule has 0 amide bonds. The molecule has 2 N–H and O–H groups in total. The van der Waals surface area contributed by atoms with Crippen molar-refractivity contribution < 1.29 is 0 Å². The predicted octanol–water partition coefficient (Wildman–Crippen LogP) is 1.90. The van der Waals surface area contributed by atoms with Crippen molar-refractivity contribution in [2.45, 2.75) is 25.8 Å². The minimum Gasteiger partial charge on any atom is -0.329 e. The van der Waals surface area contributed by atoms with Crippen molar-refractivity contribution in [1.29, 1.82) is 0 Å². The maximum atomic E-state index is 5.90. The van der Waals surface area contributed by atoms with Crippen LogP contribution in [0.4, 0.5) is 0 Å². The summed E-state index contributed by atoms with van der Waals surface area (Å²) in [4.78, 5) is 2.52. The Balaban J connectivity index is 2.00. The Kier molecular flexibility index (Phi) is 3.97. The van der Waals surface area contributed by atoms with Gasteiger partial charge in [0.1, 0.15) is 0 Å². The first-order valence-electron chi connectivity index (χ1n) is 6.33. The lowest BCUT2D eigenvalue weighted by atomic mass is 9.92. The van der Waals surface area contributed by atoms with Crippen molar-refractivity contribution in [2.75, 3.05) is 19.6 Å². The van der Waals surface area contributed by atoms with Crippen LogP contribution in [0.1, 0.15) is 18.9 Å². The van der Waals surface area contributed by atoms with Crippen LogP contribution in [0.5, 0.6) is 0 Å². The van der Waals surface area contributed by atoms with Gasteiger partial charge >= 0.3 is 0 Å². The molecular weight excluding hydrogens is 196 g/mol. The SMILES string of the molecule is CCN1CCC(Cc2ccccc2)C1CN. The van der Waals surface area contributed by atoms with E-state index in [9.17, 15) is 0 Å². The van der Waals surface area contributed by atoms with Crippen molar-refractivity contribution in [3.8, 4) is 0 Å². The summed E-state index contributed by atoms with van der Waals surface area (Å²) in [6.07, 6.45) is 2.48. The lowest BCUT2D eigenvalue weighted by molar-refractivity contribution is 0.241. The minimum absolute atomic E-state index is 0.588. The molecule has 88 valence electrons. The Morgan fingerprint density at radius 2 is 2.06 bits per heavy atom. The Morgan fingerprint density at radius 3 is 2.69 bits per heavy atom. The largest absolute Gasteiger partial charge is 0.329 e. The summed E-state index contributed by atoms with van der Waals surface area (Å²) < 4.78 is 0. The van der Waals surface area contributed by atoms with Gasteiger partial charge in [-0.3, -0.25) is 4.90 Å². The van der Waals surface area contributed by atoms with Gasteiger partial charge in [-0.1, -0.05) is 37.3 Å². The minimum atomic E-state index is 0.588. The number of likely N-dealkylation sites (N-methyl/N-ethyl adjacent to an activating group) is 1. The second kappa shape index (κ2) is 5.46. The summed E-state index contributed by atoms with van der Waals surface area (Å²) in [5, 5.41) is 0. The van der Waals surface area contributed by atoms with E-state index in [1.807, 2.05) is 0 Å². The van der Waals surface area contributed by atoms with E-state index in [0.717, 1.165) is 19.0 Å². The average Bonchev–Trinajstić information content (AvgIpc) is 2.72. The van der Waals surface area contributed by atoms with Crippen molar-refractivity contribution >= 4 is 0 Å². The van der Waals surface area contributed by atoms with Gasteiger partial charge in [0.15, 0.2) is 0 Å². The molecule has 1 aromatic rings. The third kappa shape index (κ3) is 2.45. The van der Waals surface area contributed by atoms with Gasteiger partial charge in [-0.25, -0.2) is 0 Å². The fourth-order valence-corrected chi connectivity index (χ4v) is 2.88. The van der Waals surface area contributed by atoms with E-state index in [1.165, 1.54) is 24.9 Å². The topological polar surface area (TPSA) is 29.3 Å². The highest BCUT2D eigenvalue weighted by atomic mass is 15.2. The monoisotopic (exact) mass is 218 g/mol. The highest BCUT2D eigenvalue weighted by molar-refractivity contribution is 5.16. The molecule has 1 aliphatic rings. The molecule has 1 fully saturated rings. The Labute approximate surface area is 98.4 Å². The molecule has 1 heterocycles. The Morgan fingerprint density at radius 1 is 1.31 bits per heavy atom. The summed E-state index contributed by atoms with van der Waals surface area (Å²) in [6.45, 7) is 5.38. The van der Waals surface area contributed by atoms with Crippen LogP contribution in [0.3, 0.4) is 0 Å². The predicted molar refractivity (Wildman–Crippen MR) is 68.3 cm³/mol. The second-order valence-corrected chi connectivity index (χ2v) is 4.67. The van der Waals surface area contributed by atoms with Crippen molar-refractivity contribution in [1.82, 2.24) is 4.90 Å². The molecule has 2 heteroatoms. The van der Waals surface area contributed by atoms with E-state index in [1.54, 1.807) is 0 Å². The molecule has 2 atom stereocenters. The molecule has 1 saturated heterocycles. The molecule has 2 rings (SSSR count). The molecule has 0 bridgehead atoms. The molecule has 1 aromatic carbocycles. The number of rotatable bonds is 4. The van der Waals surface area contributed by atoms with E-state index < -0.39 is 0 Å². The van der Waals surface area contributed by atoms with Crippen LogP contribution < -0.4 is 5.73 Å². The molecular formula is C14H22N2. The van der Waals surface area contributed by atoms with Crippen molar-refractivity contribution in [3.05, 3.63) is 35.9 Å². The number of hydrogen-bond acceptors (Lipinski definition) is 2. The maximum absolute atomic E-state index is 5.90. The zero-order valence-electron chi connectivity index (χ0n) is 10.1. The van der Waals surface area contributed by atoms with Gasteiger partial charge in [-0.15, -0.1) is 0 Å². The van der Waals surface area contributed by atoms with Crippen LogP contribution in [0.15, 0.2) is 30.3 Å². The average molecular weight is 218 g/mol. The first-order chi connectivity index (χ1) is 7.85. The van der Waals surface area contributed by atoms with Crippen LogP contribution in [0, 0.1) is 5.92 Å². The van der Waals surface area contributed by atoms with E-state index in [-0.39, 0.29) is 0 Å². The van der Waals surface area contributed by atoms with Crippen LogP contribution in [-0.4, -0.2) is 30.6 Å². The number of benzene rings is 1. The van der Waals surface area contributed by atoms with Gasteiger partial charge in [-0.2, -0.15) is 0 Å². The van der Waals surface area contributed by atoms with Crippen LogP contribution in [0.25, 0.3) is 0 Å². The number of likely N-dealkylation sites (tertiary alicyclic amines) is 1. The van der Waals surface area contributed by atoms with E-state index in [0.29, 0.717) is 6.04 Å². The third-order valence-corrected chi connectivity index (χ3v) is 3.79. The zero-order valence-corrected chi connectivity index (χ0v) is 10.1. The molecule has 16 heavy (non-hydrogen) atoms. The number of hydrogen-bond donors (Lipinski definition) is 1. The van der Waals surface area contributed by atoms with E-state index >= 15 is 0 Å². The molecule has 2 nitrogen and oxygen atoms in total. The van der Waals surface area contributed by atoms with Crippen molar-refractivity contribution in [3.63, 3.8) is 0 Å².